The van der Waals surface area contributed by atoms with E-state index in [2.05, 4.69) is 47.1 Å². The molecule has 0 spiro atoms. The first-order chi connectivity index (χ1) is 10.3. The van der Waals surface area contributed by atoms with E-state index >= 15 is 0 Å². The van der Waals surface area contributed by atoms with Gasteiger partial charge in [0.05, 0.1) is 0 Å². The maximum Gasteiger partial charge on any atom is 0.0234 e. The second-order valence-electron chi connectivity index (χ2n) is 6.19. The second-order valence-corrected chi connectivity index (χ2v) is 6.19. The van der Waals surface area contributed by atoms with Gasteiger partial charge in [-0.2, -0.15) is 0 Å². The van der Waals surface area contributed by atoms with E-state index in [4.69, 9.17) is 5.73 Å². The van der Waals surface area contributed by atoms with Crippen LogP contribution in [0.3, 0.4) is 0 Å². The summed E-state index contributed by atoms with van der Waals surface area (Å²) >= 11 is 0. The molecule has 0 amide bonds. The van der Waals surface area contributed by atoms with Gasteiger partial charge in [-0.1, -0.05) is 43.7 Å². The number of hydrogen-bond acceptors (Lipinski definition) is 3. The molecule has 1 aromatic carbocycles. The molecule has 1 unspecified atom stereocenters. The highest BCUT2D eigenvalue weighted by Gasteiger charge is 2.23. The van der Waals surface area contributed by atoms with Gasteiger partial charge in [0.15, 0.2) is 0 Å². The summed E-state index contributed by atoms with van der Waals surface area (Å²) in [5.41, 5.74) is 7.20. The molecule has 1 aliphatic heterocycles. The molecule has 1 saturated heterocycles. The van der Waals surface area contributed by atoms with Crippen LogP contribution >= 0.6 is 0 Å². The maximum atomic E-state index is 5.78. The standard InChI is InChI=1S/C18H31N3/c1-2-12-20(15-17-8-4-3-5-9-17)16-18-10-6-7-13-21(18)14-11-19/h3-5,8-9,18H,2,6-7,10-16,19H2,1H3. The Labute approximate surface area is 130 Å². The Balaban J connectivity index is 1.94. The van der Waals surface area contributed by atoms with Gasteiger partial charge in [0, 0.05) is 32.2 Å². The normalized spacial score (nSPS) is 20.0. The third-order valence-electron chi connectivity index (χ3n) is 4.42. The lowest BCUT2D eigenvalue weighted by Crippen LogP contribution is -2.48. The highest BCUT2D eigenvalue weighted by Crippen LogP contribution is 2.18. The fourth-order valence-electron chi connectivity index (χ4n) is 3.42. The fourth-order valence-corrected chi connectivity index (χ4v) is 3.42. The van der Waals surface area contributed by atoms with Crippen LogP contribution < -0.4 is 5.73 Å². The quantitative estimate of drug-likeness (QED) is 0.798. The largest absolute Gasteiger partial charge is 0.329 e. The van der Waals surface area contributed by atoms with Gasteiger partial charge in [0.25, 0.3) is 0 Å². The van der Waals surface area contributed by atoms with Gasteiger partial charge in [-0.3, -0.25) is 9.80 Å². The Bertz CT molecular complexity index is 377. The van der Waals surface area contributed by atoms with Gasteiger partial charge in [0.1, 0.15) is 0 Å². The smallest absolute Gasteiger partial charge is 0.0234 e. The van der Waals surface area contributed by atoms with E-state index < -0.39 is 0 Å². The van der Waals surface area contributed by atoms with Crippen molar-refractivity contribution in [3.63, 3.8) is 0 Å². The average Bonchev–Trinajstić information content (AvgIpc) is 2.51. The molecule has 0 bridgehead atoms. The van der Waals surface area contributed by atoms with Gasteiger partial charge >= 0.3 is 0 Å². The molecule has 0 saturated carbocycles. The van der Waals surface area contributed by atoms with Crippen molar-refractivity contribution >= 4 is 0 Å². The third-order valence-corrected chi connectivity index (χ3v) is 4.42. The molecule has 118 valence electrons. The van der Waals surface area contributed by atoms with Crippen molar-refractivity contribution in [3.05, 3.63) is 35.9 Å². The van der Waals surface area contributed by atoms with Crippen LogP contribution in [-0.2, 0) is 6.54 Å². The summed E-state index contributed by atoms with van der Waals surface area (Å²) in [5.74, 6) is 0. The highest BCUT2D eigenvalue weighted by molar-refractivity contribution is 5.14. The third kappa shape index (κ3) is 5.42. The van der Waals surface area contributed by atoms with Gasteiger partial charge in [0.2, 0.25) is 0 Å². The SMILES string of the molecule is CCCN(Cc1ccccc1)CC1CCCCN1CCN. The van der Waals surface area contributed by atoms with E-state index in [9.17, 15) is 0 Å². The Morgan fingerprint density at radius 2 is 2.05 bits per heavy atom. The zero-order valence-corrected chi connectivity index (χ0v) is 13.5. The van der Waals surface area contributed by atoms with E-state index in [1.165, 1.54) is 50.9 Å². The van der Waals surface area contributed by atoms with Crippen LogP contribution in [0.5, 0.6) is 0 Å². The van der Waals surface area contributed by atoms with Gasteiger partial charge < -0.3 is 5.73 Å². The van der Waals surface area contributed by atoms with E-state index in [1.54, 1.807) is 0 Å². The van der Waals surface area contributed by atoms with Crippen LogP contribution in [0, 0.1) is 0 Å². The summed E-state index contributed by atoms with van der Waals surface area (Å²) in [6.07, 6.45) is 5.26. The molecule has 1 aromatic rings. The summed E-state index contributed by atoms with van der Waals surface area (Å²) in [6.45, 7) is 8.77. The van der Waals surface area contributed by atoms with Gasteiger partial charge in [-0.25, -0.2) is 0 Å². The van der Waals surface area contributed by atoms with E-state index in [-0.39, 0.29) is 0 Å². The zero-order chi connectivity index (χ0) is 14.9. The van der Waals surface area contributed by atoms with Crippen molar-refractivity contribution in [2.45, 2.75) is 45.2 Å². The van der Waals surface area contributed by atoms with Crippen molar-refractivity contribution in [1.82, 2.24) is 9.80 Å². The molecule has 1 heterocycles. The van der Waals surface area contributed by atoms with Crippen LogP contribution in [-0.4, -0.2) is 48.6 Å². The van der Waals surface area contributed by atoms with Crippen molar-refractivity contribution in [2.75, 3.05) is 32.7 Å². The van der Waals surface area contributed by atoms with Crippen LogP contribution in [0.25, 0.3) is 0 Å². The van der Waals surface area contributed by atoms with Crippen LogP contribution in [0.1, 0.15) is 38.2 Å². The second kappa shape index (κ2) is 9.19. The molecule has 3 nitrogen and oxygen atoms in total. The minimum atomic E-state index is 0.692. The Hall–Kier alpha value is -0.900. The predicted molar refractivity (Wildman–Crippen MR) is 90.3 cm³/mol. The first-order valence-corrected chi connectivity index (χ1v) is 8.54. The van der Waals surface area contributed by atoms with E-state index in [0.29, 0.717) is 6.04 Å². The number of benzene rings is 1. The monoisotopic (exact) mass is 289 g/mol. The Morgan fingerprint density at radius 1 is 1.24 bits per heavy atom. The summed E-state index contributed by atoms with van der Waals surface area (Å²) < 4.78 is 0. The zero-order valence-electron chi connectivity index (χ0n) is 13.5. The van der Waals surface area contributed by atoms with Crippen molar-refractivity contribution in [2.24, 2.45) is 5.73 Å². The number of nitrogens with zero attached hydrogens (tertiary/aromatic N) is 2. The van der Waals surface area contributed by atoms with Crippen LogP contribution in [0.15, 0.2) is 30.3 Å². The van der Waals surface area contributed by atoms with E-state index in [1.807, 2.05) is 0 Å². The summed E-state index contributed by atoms with van der Waals surface area (Å²) in [5, 5.41) is 0. The molecule has 2 N–H and O–H groups in total. The Morgan fingerprint density at radius 3 is 2.76 bits per heavy atom. The highest BCUT2D eigenvalue weighted by atomic mass is 15.2. The summed E-state index contributed by atoms with van der Waals surface area (Å²) in [7, 11) is 0. The minimum absolute atomic E-state index is 0.692. The lowest BCUT2D eigenvalue weighted by molar-refractivity contribution is 0.104. The fraction of sp³-hybridized carbons (Fsp3) is 0.667. The number of hydrogen-bond donors (Lipinski definition) is 1. The molecule has 1 fully saturated rings. The number of piperidine rings is 1. The van der Waals surface area contributed by atoms with Gasteiger partial charge in [-0.05, 0) is 37.9 Å². The molecular formula is C18H31N3. The molecule has 21 heavy (non-hydrogen) atoms. The number of rotatable bonds is 8. The summed E-state index contributed by atoms with van der Waals surface area (Å²) in [6, 6.07) is 11.5. The predicted octanol–water partition coefficient (Wildman–Crippen LogP) is 2.71. The molecule has 1 atom stereocenters. The molecule has 3 heteroatoms. The Kier molecular flexibility index (Phi) is 7.20. The average molecular weight is 289 g/mol. The topological polar surface area (TPSA) is 32.5 Å². The number of nitrogens with two attached hydrogens (primary N) is 1. The van der Waals surface area contributed by atoms with Crippen molar-refractivity contribution in [3.8, 4) is 0 Å². The summed E-state index contributed by atoms with van der Waals surface area (Å²) in [4.78, 5) is 5.23. The lowest BCUT2D eigenvalue weighted by Gasteiger charge is -2.38. The molecule has 0 radical (unpaired) electrons. The first kappa shape index (κ1) is 16.5. The lowest BCUT2D eigenvalue weighted by atomic mass is 10.0. The molecule has 0 aliphatic carbocycles. The van der Waals surface area contributed by atoms with E-state index in [0.717, 1.165) is 19.6 Å². The van der Waals surface area contributed by atoms with Crippen molar-refractivity contribution < 1.29 is 0 Å². The maximum absolute atomic E-state index is 5.78. The van der Waals surface area contributed by atoms with Gasteiger partial charge in [-0.15, -0.1) is 0 Å². The molecule has 2 rings (SSSR count). The number of likely N-dealkylation sites (tertiary alicyclic amines) is 1. The van der Waals surface area contributed by atoms with Crippen LogP contribution in [0.2, 0.25) is 0 Å². The first-order valence-electron chi connectivity index (χ1n) is 8.54. The minimum Gasteiger partial charge on any atom is -0.329 e. The molecular weight excluding hydrogens is 258 g/mol. The van der Waals surface area contributed by atoms with Crippen molar-refractivity contribution in [1.29, 1.82) is 0 Å². The van der Waals surface area contributed by atoms with Crippen LogP contribution in [0.4, 0.5) is 0 Å². The molecule has 0 aromatic heterocycles. The molecule has 1 aliphatic rings.